The highest BCUT2D eigenvalue weighted by Crippen LogP contribution is 2.72. The molecule has 2 heteroatoms. The quantitative estimate of drug-likeness (QED) is 0.799. The molecule has 0 saturated heterocycles. The van der Waals surface area contributed by atoms with Gasteiger partial charge >= 0.3 is 0 Å². The lowest BCUT2D eigenvalue weighted by Crippen LogP contribution is -2.43. The SMILES string of the molecule is CCC12CCC(CC1O)C2(C)CCC12CCC(CC1O)C2(C)C. The van der Waals surface area contributed by atoms with Gasteiger partial charge in [-0.05, 0) is 80.5 Å². The molecule has 0 spiro atoms. The minimum Gasteiger partial charge on any atom is -0.393 e. The summed E-state index contributed by atoms with van der Waals surface area (Å²) < 4.78 is 0. The Morgan fingerprint density at radius 1 is 0.826 bits per heavy atom. The molecule has 4 aliphatic carbocycles. The molecule has 23 heavy (non-hydrogen) atoms. The molecule has 2 nitrogen and oxygen atoms in total. The summed E-state index contributed by atoms with van der Waals surface area (Å²) in [5.41, 5.74) is 0.868. The Morgan fingerprint density at radius 2 is 1.39 bits per heavy atom. The van der Waals surface area contributed by atoms with Crippen LogP contribution >= 0.6 is 0 Å². The normalized spacial score (nSPS) is 56.6. The van der Waals surface area contributed by atoms with E-state index in [9.17, 15) is 10.2 Å². The fourth-order valence-electron chi connectivity index (χ4n) is 8.25. The molecule has 4 aliphatic rings. The second-order valence-electron chi connectivity index (χ2n) is 10.3. The molecular formula is C21H36O2. The Bertz CT molecular complexity index is 500. The first-order valence-electron chi connectivity index (χ1n) is 10.1. The van der Waals surface area contributed by atoms with Crippen LogP contribution in [-0.4, -0.2) is 22.4 Å². The molecule has 4 rings (SSSR count). The molecule has 0 aromatic carbocycles. The topological polar surface area (TPSA) is 40.5 Å². The molecule has 7 unspecified atom stereocenters. The standard InChI is InChI=1S/C21H36O2/c1-5-20-8-7-15(13-16(20)22)19(20,4)10-11-21-9-6-14(12-17(21)23)18(21,2)3/h14-17,22-23H,5-13H2,1-4H3. The lowest BCUT2D eigenvalue weighted by Gasteiger charge is -2.47. The molecular weight excluding hydrogens is 284 g/mol. The molecule has 0 aliphatic heterocycles. The molecule has 7 atom stereocenters. The maximum Gasteiger partial charge on any atom is 0.0604 e. The lowest BCUT2D eigenvalue weighted by molar-refractivity contribution is -0.0492. The Kier molecular flexibility index (Phi) is 3.39. The van der Waals surface area contributed by atoms with Crippen LogP contribution in [0.3, 0.4) is 0 Å². The zero-order valence-corrected chi connectivity index (χ0v) is 15.6. The second-order valence-corrected chi connectivity index (χ2v) is 10.3. The molecule has 0 heterocycles. The van der Waals surface area contributed by atoms with Crippen molar-refractivity contribution in [1.29, 1.82) is 0 Å². The van der Waals surface area contributed by atoms with E-state index in [1.807, 2.05) is 0 Å². The summed E-state index contributed by atoms with van der Waals surface area (Å²) in [5, 5.41) is 21.6. The van der Waals surface area contributed by atoms with E-state index in [1.54, 1.807) is 0 Å². The van der Waals surface area contributed by atoms with Crippen molar-refractivity contribution in [2.24, 2.45) is 33.5 Å². The first-order valence-corrected chi connectivity index (χ1v) is 10.1. The average Bonchev–Trinajstić information content (AvgIpc) is 3.07. The van der Waals surface area contributed by atoms with Crippen LogP contribution in [0.5, 0.6) is 0 Å². The monoisotopic (exact) mass is 320 g/mol. The van der Waals surface area contributed by atoms with Crippen LogP contribution in [0.15, 0.2) is 0 Å². The largest absolute Gasteiger partial charge is 0.393 e. The number of aliphatic hydroxyl groups is 2. The van der Waals surface area contributed by atoms with E-state index in [4.69, 9.17) is 0 Å². The van der Waals surface area contributed by atoms with Crippen molar-refractivity contribution in [3.05, 3.63) is 0 Å². The molecule has 0 aromatic rings. The van der Waals surface area contributed by atoms with Crippen molar-refractivity contribution < 1.29 is 10.2 Å². The first-order chi connectivity index (χ1) is 10.7. The number of rotatable bonds is 4. The van der Waals surface area contributed by atoms with Gasteiger partial charge in [0, 0.05) is 10.8 Å². The molecule has 4 bridgehead atoms. The fourth-order valence-corrected chi connectivity index (χ4v) is 8.25. The maximum absolute atomic E-state index is 10.8. The van der Waals surface area contributed by atoms with E-state index in [0.29, 0.717) is 11.3 Å². The average molecular weight is 321 g/mol. The van der Waals surface area contributed by atoms with Gasteiger partial charge in [-0.2, -0.15) is 0 Å². The number of hydrogen-bond donors (Lipinski definition) is 2. The third kappa shape index (κ3) is 1.68. The molecule has 0 aromatic heterocycles. The van der Waals surface area contributed by atoms with E-state index < -0.39 is 0 Å². The highest BCUT2D eigenvalue weighted by atomic mass is 16.3. The predicted molar refractivity (Wildman–Crippen MR) is 93.0 cm³/mol. The van der Waals surface area contributed by atoms with Crippen molar-refractivity contribution in [3.8, 4) is 0 Å². The van der Waals surface area contributed by atoms with E-state index in [-0.39, 0.29) is 28.5 Å². The van der Waals surface area contributed by atoms with Gasteiger partial charge in [-0.15, -0.1) is 0 Å². The van der Waals surface area contributed by atoms with Crippen molar-refractivity contribution >= 4 is 0 Å². The van der Waals surface area contributed by atoms with Crippen LogP contribution in [-0.2, 0) is 0 Å². The predicted octanol–water partition coefficient (Wildman–Crippen LogP) is 4.53. The molecule has 0 amide bonds. The Morgan fingerprint density at radius 3 is 1.91 bits per heavy atom. The molecule has 132 valence electrons. The van der Waals surface area contributed by atoms with E-state index in [2.05, 4.69) is 27.7 Å². The van der Waals surface area contributed by atoms with E-state index in [1.165, 1.54) is 38.5 Å². The van der Waals surface area contributed by atoms with Gasteiger partial charge in [0.2, 0.25) is 0 Å². The third-order valence-electron chi connectivity index (χ3n) is 10.2. The summed E-state index contributed by atoms with van der Waals surface area (Å²) in [6.07, 6.45) is 10.4. The van der Waals surface area contributed by atoms with E-state index in [0.717, 1.165) is 25.2 Å². The second kappa shape index (κ2) is 4.75. The summed E-state index contributed by atoms with van der Waals surface area (Å²) in [5.74, 6) is 1.42. The zero-order chi connectivity index (χ0) is 16.7. The number of fused-ring (bicyclic) bond motifs is 4. The Balaban J connectivity index is 1.60. The van der Waals surface area contributed by atoms with Gasteiger partial charge in [-0.25, -0.2) is 0 Å². The number of aliphatic hydroxyl groups excluding tert-OH is 2. The summed E-state index contributed by atoms with van der Waals surface area (Å²) >= 11 is 0. The number of hydrogen-bond acceptors (Lipinski definition) is 2. The minimum absolute atomic E-state index is 0.0911. The third-order valence-corrected chi connectivity index (χ3v) is 10.2. The summed E-state index contributed by atoms with van der Waals surface area (Å²) in [4.78, 5) is 0. The molecule has 2 N–H and O–H groups in total. The first kappa shape index (κ1) is 16.4. The van der Waals surface area contributed by atoms with Gasteiger partial charge < -0.3 is 10.2 Å². The summed E-state index contributed by atoms with van der Waals surface area (Å²) in [7, 11) is 0. The van der Waals surface area contributed by atoms with Crippen molar-refractivity contribution in [3.63, 3.8) is 0 Å². The van der Waals surface area contributed by atoms with Crippen LogP contribution in [0.1, 0.15) is 85.5 Å². The van der Waals surface area contributed by atoms with Crippen LogP contribution in [0, 0.1) is 33.5 Å². The van der Waals surface area contributed by atoms with Gasteiger partial charge in [0.05, 0.1) is 12.2 Å². The Labute approximate surface area is 142 Å². The van der Waals surface area contributed by atoms with Gasteiger partial charge in [-0.3, -0.25) is 0 Å². The van der Waals surface area contributed by atoms with Crippen LogP contribution < -0.4 is 0 Å². The van der Waals surface area contributed by atoms with Crippen molar-refractivity contribution in [2.75, 3.05) is 0 Å². The van der Waals surface area contributed by atoms with Gasteiger partial charge in [0.15, 0.2) is 0 Å². The lowest BCUT2D eigenvalue weighted by atomic mass is 9.58. The van der Waals surface area contributed by atoms with Gasteiger partial charge in [-0.1, -0.05) is 27.7 Å². The molecule has 4 fully saturated rings. The smallest absolute Gasteiger partial charge is 0.0604 e. The molecule has 4 saturated carbocycles. The maximum atomic E-state index is 10.8. The highest BCUT2D eigenvalue weighted by molar-refractivity contribution is 5.17. The van der Waals surface area contributed by atoms with E-state index >= 15 is 0 Å². The van der Waals surface area contributed by atoms with Crippen LogP contribution in [0.2, 0.25) is 0 Å². The zero-order valence-electron chi connectivity index (χ0n) is 15.6. The van der Waals surface area contributed by atoms with Crippen molar-refractivity contribution in [1.82, 2.24) is 0 Å². The van der Waals surface area contributed by atoms with Crippen LogP contribution in [0.4, 0.5) is 0 Å². The minimum atomic E-state index is -0.0959. The highest BCUT2D eigenvalue weighted by Gasteiger charge is 2.67. The summed E-state index contributed by atoms with van der Waals surface area (Å²) in [6.45, 7) is 9.59. The summed E-state index contributed by atoms with van der Waals surface area (Å²) in [6, 6.07) is 0. The fraction of sp³-hybridized carbons (Fsp3) is 1.00. The van der Waals surface area contributed by atoms with Crippen LogP contribution in [0.25, 0.3) is 0 Å². The Hall–Kier alpha value is -0.0800. The molecule has 0 radical (unpaired) electrons. The van der Waals surface area contributed by atoms with Gasteiger partial charge in [0.1, 0.15) is 0 Å². The van der Waals surface area contributed by atoms with Gasteiger partial charge in [0.25, 0.3) is 0 Å². The van der Waals surface area contributed by atoms with Crippen molar-refractivity contribution in [2.45, 2.75) is 97.7 Å².